The summed E-state index contributed by atoms with van der Waals surface area (Å²) < 4.78 is 39.6. The first-order valence-corrected chi connectivity index (χ1v) is 12.9. The number of carbonyl (C=O) groups excluding carboxylic acids is 2. The van der Waals surface area contributed by atoms with E-state index in [2.05, 4.69) is 10.2 Å². The largest absolute Gasteiger partial charge is 0.351 e. The first-order valence-electron chi connectivity index (χ1n) is 11.4. The molecule has 1 aliphatic heterocycles. The Bertz CT molecular complexity index is 1080. The van der Waals surface area contributed by atoms with Crippen molar-refractivity contribution in [2.45, 2.75) is 18.7 Å². The summed E-state index contributed by atoms with van der Waals surface area (Å²) in [7, 11) is -3.56. The van der Waals surface area contributed by atoms with E-state index in [-0.39, 0.29) is 22.5 Å². The molecule has 3 rings (SSSR count). The van der Waals surface area contributed by atoms with Gasteiger partial charge in [0.05, 0.1) is 4.90 Å². The van der Waals surface area contributed by atoms with Gasteiger partial charge in [-0.1, -0.05) is 13.8 Å². The Hall–Kier alpha value is -2.82. The minimum absolute atomic E-state index is 0.129. The number of piperazine rings is 1. The van der Waals surface area contributed by atoms with Crippen LogP contribution in [0.25, 0.3) is 0 Å². The Balaban J connectivity index is 1.47. The normalized spacial score (nSPS) is 14.9. The number of hydrogen-bond donors (Lipinski definition) is 1. The van der Waals surface area contributed by atoms with Crippen molar-refractivity contribution in [1.82, 2.24) is 19.4 Å². The van der Waals surface area contributed by atoms with Gasteiger partial charge in [0.25, 0.3) is 11.8 Å². The highest BCUT2D eigenvalue weighted by Gasteiger charge is 2.24. The number of amides is 2. The van der Waals surface area contributed by atoms with E-state index in [1.807, 2.05) is 0 Å². The zero-order valence-corrected chi connectivity index (χ0v) is 20.4. The van der Waals surface area contributed by atoms with Crippen LogP contribution in [0.15, 0.2) is 53.4 Å². The average molecular weight is 491 g/mol. The van der Waals surface area contributed by atoms with Gasteiger partial charge in [-0.05, 0) is 48.5 Å². The van der Waals surface area contributed by atoms with Crippen molar-refractivity contribution in [1.29, 1.82) is 0 Å². The van der Waals surface area contributed by atoms with Crippen LogP contribution in [0.5, 0.6) is 0 Å². The molecule has 1 fully saturated rings. The predicted octanol–water partition coefficient (Wildman–Crippen LogP) is 2.04. The van der Waals surface area contributed by atoms with E-state index in [9.17, 15) is 22.4 Å². The number of nitrogens with one attached hydrogen (secondary N) is 1. The van der Waals surface area contributed by atoms with Crippen LogP contribution in [0.2, 0.25) is 0 Å². The maximum atomic E-state index is 13.0. The zero-order valence-electron chi connectivity index (χ0n) is 19.5. The van der Waals surface area contributed by atoms with Gasteiger partial charge in [0.15, 0.2) is 0 Å². The van der Waals surface area contributed by atoms with Crippen molar-refractivity contribution in [3.05, 3.63) is 65.5 Å². The third-order valence-electron chi connectivity index (χ3n) is 5.92. The quantitative estimate of drug-likeness (QED) is 0.581. The molecule has 0 spiro atoms. The Kier molecular flexibility index (Phi) is 8.76. The Labute approximate surface area is 200 Å². The maximum Gasteiger partial charge on any atom is 0.253 e. The third-order valence-corrected chi connectivity index (χ3v) is 7.99. The number of carbonyl (C=O) groups is 2. The molecule has 1 N–H and O–H groups in total. The Morgan fingerprint density at radius 3 is 2.03 bits per heavy atom. The van der Waals surface area contributed by atoms with Gasteiger partial charge in [-0.2, -0.15) is 4.31 Å². The first-order chi connectivity index (χ1) is 16.3. The number of nitrogens with zero attached hydrogens (tertiary/aromatic N) is 3. The van der Waals surface area contributed by atoms with Gasteiger partial charge in [0, 0.05) is 63.5 Å². The highest BCUT2D eigenvalue weighted by Crippen LogP contribution is 2.17. The predicted molar refractivity (Wildman–Crippen MR) is 128 cm³/mol. The highest BCUT2D eigenvalue weighted by molar-refractivity contribution is 7.89. The molecule has 0 radical (unpaired) electrons. The Morgan fingerprint density at radius 1 is 0.912 bits per heavy atom. The number of halogens is 1. The maximum absolute atomic E-state index is 13.0. The van der Waals surface area contributed by atoms with Gasteiger partial charge in [0.1, 0.15) is 5.82 Å². The molecular weight excluding hydrogens is 459 g/mol. The van der Waals surface area contributed by atoms with Gasteiger partial charge in [0.2, 0.25) is 10.0 Å². The fourth-order valence-electron chi connectivity index (χ4n) is 3.87. The van der Waals surface area contributed by atoms with Crippen LogP contribution in [0.1, 0.15) is 34.6 Å². The standard InChI is InChI=1S/C24H31FN4O4S/c1-3-29(4-2)34(32,33)22-11-7-20(8-12-22)24(31)28-17-15-27(16-18-28)14-13-26-23(30)19-5-9-21(25)10-6-19/h5-12H,3-4,13-18H2,1-2H3,(H,26,30). The number of sulfonamides is 1. The first kappa shape index (κ1) is 25.8. The van der Waals surface area contributed by atoms with E-state index >= 15 is 0 Å². The summed E-state index contributed by atoms with van der Waals surface area (Å²) in [5.41, 5.74) is 0.867. The molecule has 2 aromatic carbocycles. The van der Waals surface area contributed by atoms with Crippen molar-refractivity contribution in [3.63, 3.8) is 0 Å². The van der Waals surface area contributed by atoms with Crippen LogP contribution >= 0.6 is 0 Å². The molecule has 184 valence electrons. The third kappa shape index (κ3) is 6.19. The van der Waals surface area contributed by atoms with Crippen molar-refractivity contribution in [2.24, 2.45) is 0 Å². The van der Waals surface area contributed by atoms with Crippen LogP contribution in [0, 0.1) is 5.82 Å². The number of benzene rings is 2. The van der Waals surface area contributed by atoms with Gasteiger partial charge in [-0.15, -0.1) is 0 Å². The lowest BCUT2D eigenvalue weighted by Gasteiger charge is -2.34. The van der Waals surface area contributed by atoms with Crippen LogP contribution in [-0.4, -0.2) is 86.7 Å². The molecule has 34 heavy (non-hydrogen) atoms. The van der Waals surface area contributed by atoms with Crippen LogP contribution in [-0.2, 0) is 10.0 Å². The molecule has 0 atom stereocenters. The summed E-state index contributed by atoms with van der Waals surface area (Å²) in [6.07, 6.45) is 0. The smallest absolute Gasteiger partial charge is 0.253 e. The molecule has 8 nitrogen and oxygen atoms in total. The molecule has 0 bridgehead atoms. The van der Waals surface area contributed by atoms with Crippen molar-refractivity contribution < 1.29 is 22.4 Å². The second kappa shape index (κ2) is 11.5. The van der Waals surface area contributed by atoms with Gasteiger partial charge < -0.3 is 10.2 Å². The minimum Gasteiger partial charge on any atom is -0.351 e. The molecular formula is C24H31FN4O4S. The molecule has 1 saturated heterocycles. The van der Waals surface area contributed by atoms with Gasteiger partial charge in [-0.25, -0.2) is 12.8 Å². The fraction of sp³-hybridized carbons (Fsp3) is 0.417. The fourth-order valence-corrected chi connectivity index (χ4v) is 5.33. The molecule has 1 heterocycles. The van der Waals surface area contributed by atoms with E-state index in [1.165, 1.54) is 40.7 Å². The van der Waals surface area contributed by atoms with E-state index in [0.717, 1.165) is 0 Å². The lowest BCUT2D eigenvalue weighted by Crippen LogP contribution is -2.50. The molecule has 10 heteroatoms. The van der Waals surface area contributed by atoms with Crippen molar-refractivity contribution in [3.8, 4) is 0 Å². The average Bonchev–Trinajstić information content (AvgIpc) is 2.85. The molecule has 0 aromatic heterocycles. The molecule has 2 aromatic rings. The minimum atomic E-state index is -3.56. The second-order valence-corrected chi connectivity index (χ2v) is 9.95. The summed E-state index contributed by atoms with van der Waals surface area (Å²) in [5, 5.41) is 2.82. The van der Waals surface area contributed by atoms with E-state index in [4.69, 9.17) is 0 Å². The monoisotopic (exact) mass is 490 g/mol. The lowest BCUT2D eigenvalue weighted by atomic mass is 10.2. The van der Waals surface area contributed by atoms with Crippen molar-refractivity contribution in [2.75, 3.05) is 52.4 Å². The van der Waals surface area contributed by atoms with E-state index < -0.39 is 10.0 Å². The van der Waals surface area contributed by atoms with Crippen LogP contribution in [0.3, 0.4) is 0 Å². The molecule has 0 unspecified atom stereocenters. The molecule has 0 saturated carbocycles. The summed E-state index contributed by atoms with van der Waals surface area (Å²) in [4.78, 5) is 29.1. The summed E-state index contributed by atoms with van der Waals surface area (Å²) in [6, 6.07) is 11.5. The number of rotatable bonds is 9. The topological polar surface area (TPSA) is 90.0 Å². The van der Waals surface area contributed by atoms with Gasteiger partial charge >= 0.3 is 0 Å². The van der Waals surface area contributed by atoms with Crippen LogP contribution < -0.4 is 5.32 Å². The van der Waals surface area contributed by atoms with Gasteiger partial charge in [-0.3, -0.25) is 14.5 Å². The second-order valence-electron chi connectivity index (χ2n) is 8.01. The van der Waals surface area contributed by atoms with E-state index in [0.29, 0.717) is 63.5 Å². The SMILES string of the molecule is CCN(CC)S(=O)(=O)c1ccc(C(=O)N2CCN(CCNC(=O)c3ccc(F)cc3)CC2)cc1. The molecule has 2 amide bonds. The summed E-state index contributed by atoms with van der Waals surface area (Å²) in [5.74, 6) is -0.763. The molecule has 1 aliphatic rings. The van der Waals surface area contributed by atoms with Crippen LogP contribution in [0.4, 0.5) is 4.39 Å². The van der Waals surface area contributed by atoms with Crippen molar-refractivity contribution >= 4 is 21.8 Å². The zero-order chi connectivity index (χ0) is 24.7. The highest BCUT2D eigenvalue weighted by atomic mass is 32.2. The summed E-state index contributed by atoms with van der Waals surface area (Å²) in [6.45, 7) is 7.89. The lowest BCUT2D eigenvalue weighted by molar-refractivity contribution is 0.0638. The summed E-state index contributed by atoms with van der Waals surface area (Å²) >= 11 is 0. The molecule has 0 aliphatic carbocycles. The Morgan fingerprint density at radius 2 is 1.47 bits per heavy atom. The van der Waals surface area contributed by atoms with E-state index in [1.54, 1.807) is 30.9 Å². The number of hydrogen-bond acceptors (Lipinski definition) is 5.